The first-order valence-corrected chi connectivity index (χ1v) is 7.53. The Bertz CT molecular complexity index is 250. The molecule has 2 nitrogen and oxygen atoms in total. The van der Waals surface area contributed by atoms with Gasteiger partial charge in [0.1, 0.15) is 0 Å². The summed E-state index contributed by atoms with van der Waals surface area (Å²) in [5.41, 5.74) is 0. The average Bonchev–Trinajstić information content (AvgIpc) is 2.40. The van der Waals surface area contributed by atoms with Gasteiger partial charge in [-0.25, -0.2) is 0 Å². The van der Waals surface area contributed by atoms with Crippen LogP contribution in [0.3, 0.4) is 0 Å². The van der Waals surface area contributed by atoms with Gasteiger partial charge in [-0.2, -0.15) is 5.26 Å². The SMILES string of the molecule is N#CC1CCCCC1NCCC1CCCCC1. The zero-order chi connectivity index (χ0) is 11.9. The van der Waals surface area contributed by atoms with E-state index in [1.54, 1.807) is 0 Å². The molecule has 0 bridgehead atoms. The maximum atomic E-state index is 9.12. The Morgan fingerprint density at radius 1 is 0.941 bits per heavy atom. The normalized spacial score (nSPS) is 31.0. The number of hydrogen-bond donors (Lipinski definition) is 1. The van der Waals surface area contributed by atoms with Crippen molar-refractivity contribution in [3.05, 3.63) is 0 Å². The molecule has 96 valence electrons. The lowest BCUT2D eigenvalue weighted by atomic mass is 9.84. The number of hydrogen-bond acceptors (Lipinski definition) is 2. The fraction of sp³-hybridized carbons (Fsp3) is 0.933. The molecule has 0 heterocycles. The molecule has 17 heavy (non-hydrogen) atoms. The van der Waals surface area contributed by atoms with E-state index in [0.29, 0.717) is 6.04 Å². The molecule has 1 N–H and O–H groups in total. The summed E-state index contributed by atoms with van der Waals surface area (Å²) < 4.78 is 0. The molecular formula is C15H26N2. The molecule has 2 heteroatoms. The van der Waals surface area contributed by atoms with Gasteiger partial charge in [0.25, 0.3) is 0 Å². The van der Waals surface area contributed by atoms with Crippen LogP contribution < -0.4 is 5.32 Å². The third-order valence-electron chi connectivity index (χ3n) is 4.62. The fourth-order valence-corrected chi connectivity index (χ4v) is 3.48. The van der Waals surface area contributed by atoms with Crippen LogP contribution >= 0.6 is 0 Å². The minimum absolute atomic E-state index is 0.273. The second kappa shape index (κ2) is 7.01. The van der Waals surface area contributed by atoms with Gasteiger partial charge in [-0.1, -0.05) is 44.9 Å². The first-order chi connectivity index (χ1) is 8.40. The zero-order valence-electron chi connectivity index (χ0n) is 11.0. The zero-order valence-corrected chi connectivity index (χ0v) is 11.0. The molecule has 2 atom stereocenters. The van der Waals surface area contributed by atoms with Gasteiger partial charge >= 0.3 is 0 Å². The van der Waals surface area contributed by atoms with Gasteiger partial charge in [0.05, 0.1) is 12.0 Å². The number of rotatable bonds is 4. The van der Waals surface area contributed by atoms with Crippen molar-refractivity contribution in [3.8, 4) is 6.07 Å². The van der Waals surface area contributed by atoms with Gasteiger partial charge in [-0.05, 0) is 31.7 Å². The molecule has 0 aromatic carbocycles. The van der Waals surface area contributed by atoms with E-state index in [-0.39, 0.29) is 5.92 Å². The van der Waals surface area contributed by atoms with E-state index in [1.807, 2.05) is 0 Å². The van der Waals surface area contributed by atoms with Crippen LogP contribution in [0.2, 0.25) is 0 Å². The first kappa shape index (κ1) is 12.9. The van der Waals surface area contributed by atoms with Crippen molar-refractivity contribution in [1.29, 1.82) is 5.26 Å². The third kappa shape index (κ3) is 4.00. The lowest BCUT2D eigenvalue weighted by Gasteiger charge is -2.29. The molecule has 0 saturated heterocycles. The highest BCUT2D eigenvalue weighted by atomic mass is 14.9. The van der Waals surface area contributed by atoms with Crippen molar-refractivity contribution in [1.82, 2.24) is 5.32 Å². The molecule has 0 radical (unpaired) electrons. The summed E-state index contributed by atoms with van der Waals surface area (Å²) in [4.78, 5) is 0. The Morgan fingerprint density at radius 3 is 2.41 bits per heavy atom. The summed E-state index contributed by atoms with van der Waals surface area (Å²) >= 11 is 0. The van der Waals surface area contributed by atoms with Crippen molar-refractivity contribution in [3.63, 3.8) is 0 Å². The van der Waals surface area contributed by atoms with E-state index in [1.165, 1.54) is 57.8 Å². The minimum Gasteiger partial charge on any atom is -0.313 e. The average molecular weight is 234 g/mol. The number of nitrogens with zero attached hydrogens (tertiary/aromatic N) is 1. The van der Waals surface area contributed by atoms with Crippen LogP contribution in [0, 0.1) is 23.2 Å². The summed E-state index contributed by atoms with van der Waals surface area (Å²) in [6.07, 6.45) is 13.4. The van der Waals surface area contributed by atoms with Crippen LogP contribution in [0.5, 0.6) is 0 Å². The van der Waals surface area contributed by atoms with Crippen LogP contribution in [-0.2, 0) is 0 Å². The molecular weight excluding hydrogens is 208 g/mol. The quantitative estimate of drug-likeness (QED) is 0.806. The van der Waals surface area contributed by atoms with Crippen molar-refractivity contribution in [2.24, 2.45) is 11.8 Å². The Kier molecular flexibility index (Phi) is 5.32. The second-order valence-electron chi connectivity index (χ2n) is 5.87. The predicted octanol–water partition coefficient (Wildman–Crippen LogP) is 3.63. The van der Waals surface area contributed by atoms with Crippen LogP contribution in [0.4, 0.5) is 0 Å². The standard InChI is InChI=1S/C15H26N2/c16-12-14-8-4-5-9-15(14)17-11-10-13-6-2-1-3-7-13/h13-15,17H,1-11H2. The van der Waals surface area contributed by atoms with Crippen LogP contribution in [-0.4, -0.2) is 12.6 Å². The maximum absolute atomic E-state index is 9.12. The Balaban J connectivity index is 1.64. The van der Waals surface area contributed by atoms with Gasteiger partial charge in [-0.15, -0.1) is 0 Å². The first-order valence-electron chi connectivity index (χ1n) is 7.53. The summed E-state index contributed by atoms with van der Waals surface area (Å²) in [5.74, 6) is 1.23. The van der Waals surface area contributed by atoms with Crippen LogP contribution in [0.15, 0.2) is 0 Å². The van der Waals surface area contributed by atoms with E-state index in [4.69, 9.17) is 5.26 Å². The number of nitriles is 1. The molecule has 2 fully saturated rings. The molecule has 0 aromatic rings. The second-order valence-corrected chi connectivity index (χ2v) is 5.87. The molecule has 0 spiro atoms. The Morgan fingerprint density at radius 2 is 1.65 bits per heavy atom. The van der Waals surface area contributed by atoms with Gasteiger partial charge in [0.2, 0.25) is 0 Å². The number of nitrogens with one attached hydrogen (secondary N) is 1. The fourth-order valence-electron chi connectivity index (χ4n) is 3.48. The van der Waals surface area contributed by atoms with Gasteiger partial charge < -0.3 is 5.32 Å². The van der Waals surface area contributed by atoms with E-state index >= 15 is 0 Å². The summed E-state index contributed by atoms with van der Waals surface area (Å²) in [5, 5.41) is 12.8. The predicted molar refractivity (Wildman–Crippen MR) is 70.6 cm³/mol. The molecule has 2 unspecified atom stereocenters. The van der Waals surface area contributed by atoms with Crippen LogP contribution in [0.1, 0.15) is 64.2 Å². The molecule has 2 aliphatic rings. The molecule has 2 saturated carbocycles. The van der Waals surface area contributed by atoms with Gasteiger partial charge in [0, 0.05) is 6.04 Å². The van der Waals surface area contributed by atoms with E-state index < -0.39 is 0 Å². The summed E-state index contributed by atoms with van der Waals surface area (Å²) in [6.45, 7) is 1.13. The lowest BCUT2D eigenvalue weighted by Crippen LogP contribution is -2.38. The highest BCUT2D eigenvalue weighted by molar-refractivity contribution is 4.94. The van der Waals surface area contributed by atoms with Crippen molar-refractivity contribution in [2.75, 3.05) is 6.54 Å². The Labute approximate surface area is 106 Å². The highest BCUT2D eigenvalue weighted by Gasteiger charge is 2.24. The largest absolute Gasteiger partial charge is 0.313 e. The van der Waals surface area contributed by atoms with Crippen molar-refractivity contribution < 1.29 is 0 Å². The van der Waals surface area contributed by atoms with E-state index in [2.05, 4.69) is 11.4 Å². The Hall–Kier alpha value is -0.550. The smallest absolute Gasteiger partial charge is 0.0672 e. The third-order valence-corrected chi connectivity index (χ3v) is 4.62. The summed E-state index contributed by atoms with van der Waals surface area (Å²) in [6, 6.07) is 2.96. The molecule has 0 aromatic heterocycles. The summed E-state index contributed by atoms with van der Waals surface area (Å²) in [7, 11) is 0. The molecule has 0 amide bonds. The molecule has 0 aliphatic heterocycles. The minimum atomic E-state index is 0.273. The van der Waals surface area contributed by atoms with E-state index in [9.17, 15) is 0 Å². The molecule has 2 aliphatic carbocycles. The van der Waals surface area contributed by atoms with Crippen molar-refractivity contribution >= 4 is 0 Å². The highest BCUT2D eigenvalue weighted by Crippen LogP contribution is 2.27. The van der Waals surface area contributed by atoms with Crippen LogP contribution in [0.25, 0.3) is 0 Å². The van der Waals surface area contributed by atoms with Gasteiger partial charge in [-0.3, -0.25) is 0 Å². The van der Waals surface area contributed by atoms with Gasteiger partial charge in [0.15, 0.2) is 0 Å². The maximum Gasteiger partial charge on any atom is 0.0672 e. The van der Waals surface area contributed by atoms with E-state index in [0.717, 1.165) is 18.9 Å². The molecule has 2 rings (SSSR count). The topological polar surface area (TPSA) is 35.8 Å². The lowest BCUT2D eigenvalue weighted by molar-refractivity contribution is 0.286. The van der Waals surface area contributed by atoms with Crippen molar-refractivity contribution in [2.45, 2.75) is 70.3 Å². The monoisotopic (exact) mass is 234 g/mol.